The van der Waals surface area contributed by atoms with Gasteiger partial charge in [0, 0.05) is 5.69 Å². The lowest BCUT2D eigenvalue weighted by molar-refractivity contribution is -0.115. The third-order valence-electron chi connectivity index (χ3n) is 3.47. The number of furan rings is 1. The van der Waals surface area contributed by atoms with E-state index in [0.29, 0.717) is 32.5 Å². The van der Waals surface area contributed by atoms with Crippen molar-refractivity contribution in [1.82, 2.24) is 10.2 Å². The molecule has 1 aromatic carbocycles. The average Bonchev–Trinajstić information content (AvgIpc) is 3.32. The predicted octanol–water partition coefficient (Wildman–Crippen LogP) is 4.52. The van der Waals surface area contributed by atoms with Gasteiger partial charge < -0.3 is 19.8 Å². The van der Waals surface area contributed by atoms with E-state index in [0.717, 1.165) is 5.76 Å². The quantitative estimate of drug-likeness (QED) is 0.513. The lowest BCUT2D eigenvalue weighted by Crippen LogP contribution is -2.22. The van der Waals surface area contributed by atoms with Crippen LogP contribution in [0.2, 0.25) is 5.02 Å². The summed E-state index contributed by atoms with van der Waals surface area (Å²) < 4.78 is 11.1. The SMILES string of the molecule is COc1ccc(NC(=O)C(C)Sc2nnc(NCc3ccco3)s2)cc1Cl. The number of halogens is 1. The Hall–Kier alpha value is -2.23. The van der Waals surface area contributed by atoms with E-state index in [1.54, 1.807) is 24.5 Å². The number of nitrogens with one attached hydrogen (secondary N) is 2. The van der Waals surface area contributed by atoms with Gasteiger partial charge in [0.25, 0.3) is 0 Å². The molecule has 2 N–H and O–H groups in total. The standard InChI is InChI=1S/C17H17ClN4O3S2/c1-10(15(23)20-11-5-6-14(24-2)13(18)8-11)26-17-22-21-16(27-17)19-9-12-4-3-7-25-12/h3-8,10H,9H2,1-2H3,(H,19,21)(H,20,23). The first-order chi connectivity index (χ1) is 13.0. The minimum Gasteiger partial charge on any atom is -0.495 e. The van der Waals surface area contributed by atoms with Crippen LogP contribution < -0.4 is 15.4 Å². The molecule has 0 spiro atoms. The van der Waals surface area contributed by atoms with Crippen molar-refractivity contribution in [3.8, 4) is 5.75 Å². The molecule has 3 rings (SSSR count). The van der Waals surface area contributed by atoms with E-state index in [1.165, 1.54) is 30.2 Å². The molecule has 10 heteroatoms. The van der Waals surface area contributed by atoms with Crippen molar-refractivity contribution in [2.24, 2.45) is 0 Å². The van der Waals surface area contributed by atoms with Crippen LogP contribution in [0.25, 0.3) is 0 Å². The van der Waals surface area contributed by atoms with Crippen molar-refractivity contribution in [2.75, 3.05) is 17.7 Å². The molecule has 0 bridgehead atoms. The summed E-state index contributed by atoms with van der Waals surface area (Å²) in [6, 6.07) is 8.80. The minimum atomic E-state index is -0.350. The molecule has 1 atom stereocenters. The number of aromatic nitrogens is 2. The molecule has 27 heavy (non-hydrogen) atoms. The summed E-state index contributed by atoms with van der Waals surface area (Å²) in [5, 5.41) is 14.9. The number of thioether (sulfide) groups is 1. The Bertz CT molecular complexity index is 901. The minimum absolute atomic E-state index is 0.151. The number of nitrogens with zero attached hydrogens (tertiary/aromatic N) is 2. The number of hydrogen-bond acceptors (Lipinski definition) is 8. The highest BCUT2D eigenvalue weighted by atomic mass is 35.5. The van der Waals surface area contributed by atoms with Gasteiger partial charge in [-0.25, -0.2) is 0 Å². The number of anilines is 2. The Morgan fingerprint density at radius 3 is 2.96 bits per heavy atom. The Morgan fingerprint density at radius 2 is 2.26 bits per heavy atom. The molecule has 2 heterocycles. The van der Waals surface area contributed by atoms with Gasteiger partial charge in [-0.05, 0) is 37.3 Å². The van der Waals surface area contributed by atoms with Crippen molar-refractivity contribution < 1.29 is 13.9 Å². The molecule has 1 amide bonds. The normalized spacial score (nSPS) is 11.8. The number of rotatable bonds is 8. The molecule has 3 aromatic rings. The Labute approximate surface area is 169 Å². The highest BCUT2D eigenvalue weighted by molar-refractivity contribution is 8.02. The number of carbonyl (C=O) groups excluding carboxylic acids is 1. The van der Waals surface area contributed by atoms with Crippen LogP contribution in [-0.2, 0) is 11.3 Å². The molecule has 1 unspecified atom stereocenters. The number of ether oxygens (including phenoxy) is 1. The monoisotopic (exact) mass is 424 g/mol. The van der Waals surface area contributed by atoms with Crippen LogP contribution in [0.4, 0.5) is 10.8 Å². The van der Waals surface area contributed by atoms with Crippen molar-refractivity contribution in [2.45, 2.75) is 23.1 Å². The van der Waals surface area contributed by atoms with E-state index < -0.39 is 0 Å². The fourth-order valence-corrected chi connectivity index (χ4v) is 4.25. The fraction of sp³-hybridized carbons (Fsp3) is 0.235. The zero-order chi connectivity index (χ0) is 19.2. The van der Waals surface area contributed by atoms with Gasteiger partial charge in [-0.1, -0.05) is 34.7 Å². The van der Waals surface area contributed by atoms with Crippen LogP contribution in [0.5, 0.6) is 5.75 Å². The number of carbonyl (C=O) groups is 1. The molecule has 142 valence electrons. The second-order valence-corrected chi connectivity index (χ2v) is 8.38. The number of hydrogen-bond donors (Lipinski definition) is 2. The van der Waals surface area contributed by atoms with Crippen LogP contribution in [-0.4, -0.2) is 28.5 Å². The van der Waals surface area contributed by atoms with E-state index in [-0.39, 0.29) is 11.2 Å². The zero-order valence-electron chi connectivity index (χ0n) is 14.6. The van der Waals surface area contributed by atoms with Crippen LogP contribution >= 0.6 is 34.7 Å². The van der Waals surface area contributed by atoms with Gasteiger partial charge in [-0.15, -0.1) is 10.2 Å². The third-order valence-corrected chi connectivity index (χ3v) is 5.83. The van der Waals surface area contributed by atoms with E-state index in [1.807, 2.05) is 19.1 Å². The molecule has 0 aliphatic rings. The summed E-state index contributed by atoms with van der Waals surface area (Å²) in [6.45, 7) is 2.34. The molecular formula is C17H17ClN4O3S2. The first-order valence-electron chi connectivity index (χ1n) is 7.96. The first-order valence-corrected chi connectivity index (χ1v) is 10.0. The van der Waals surface area contributed by atoms with Gasteiger partial charge >= 0.3 is 0 Å². The van der Waals surface area contributed by atoms with Crippen LogP contribution in [0.15, 0.2) is 45.4 Å². The Morgan fingerprint density at radius 1 is 1.41 bits per heavy atom. The van der Waals surface area contributed by atoms with Gasteiger partial charge in [0.05, 0.1) is 30.2 Å². The molecule has 0 aliphatic heterocycles. The van der Waals surface area contributed by atoms with E-state index >= 15 is 0 Å². The summed E-state index contributed by atoms with van der Waals surface area (Å²) in [4.78, 5) is 12.4. The molecule has 0 saturated carbocycles. The predicted molar refractivity (Wildman–Crippen MR) is 108 cm³/mol. The van der Waals surface area contributed by atoms with E-state index in [2.05, 4.69) is 20.8 Å². The van der Waals surface area contributed by atoms with Crippen molar-refractivity contribution >= 4 is 51.4 Å². The number of benzene rings is 1. The smallest absolute Gasteiger partial charge is 0.237 e. The van der Waals surface area contributed by atoms with Gasteiger partial charge in [0.1, 0.15) is 11.5 Å². The topological polar surface area (TPSA) is 89.3 Å². The lowest BCUT2D eigenvalue weighted by atomic mass is 10.3. The van der Waals surface area contributed by atoms with Gasteiger partial charge in [0.2, 0.25) is 11.0 Å². The maximum absolute atomic E-state index is 12.4. The summed E-state index contributed by atoms with van der Waals surface area (Å²) in [6.07, 6.45) is 1.62. The molecule has 0 saturated heterocycles. The lowest BCUT2D eigenvalue weighted by Gasteiger charge is -2.11. The zero-order valence-corrected chi connectivity index (χ0v) is 17.0. The van der Waals surface area contributed by atoms with Crippen molar-refractivity contribution in [3.05, 3.63) is 47.4 Å². The Balaban J connectivity index is 1.52. The van der Waals surface area contributed by atoms with E-state index in [9.17, 15) is 4.79 Å². The summed E-state index contributed by atoms with van der Waals surface area (Å²) in [5.41, 5.74) is 0.608. The largest absolute Gasteiger partial charge is 0.495 e. The summed E-state index contributed by atoms with van der Waals surface area (Å²) >= 11 is 8.80. The molecule has 7 nitrogen and oxygen atoms in total. The number of methoxy groups -OCH3 is 1. The summed E-state index contributed by atoms with van der Waals surface area (Å²) in [5.74, 6) is 1.22. The van der Waals surface area contributed by atoms with E-state index in [4.69, 9.17) is 20.8 Å². The van der Waals surface area contributed by atoms with Gasteiger partial charge in [-0.3, -0.25) is 4.79 Å². The molecule has 0 fully saturated rings. The average molecular weight is 425 g/mol. The van der Waals surface area contributed by atoms with Crippen LogP contribution in [0.1, 0.15) is 12.7 Å². The molecule has 2 aromatic heterocycles. The maximum Gasteiger partial charge on any atom is 0.237 e. The highest BCUT2D eigenvalue weighted by Gasteiger charge is 2.18. The fourth-order valence-electron chi connectivity index (χ4n) is 2.10. The third kappa shape index (κ3) is 5.38. The van der Waals surface area contributed by atoms with Gasteiger partial charge in [0.15, 0.2) is 4.34 Å². The molecule has 0 radical (unpaired) electrons. The van der Waals surface area contributed by atoms with Crippen molar-refractivity contribution in [1.29, 1.82) is 0 Å². The summed E-state index contributed by atoms with van der Waals surface area (Å²) in [7, 11) is 1.54. The maximum atomic E-state index is 12.4. The Kier molecular flexibility index (Phi) is 6.59. The van der Waals surface area contributed by atoms with Crippen molar-refractivity contribution in [3.63, 3.8) is 0 Å². The second kappa shape index (κ2) is 9.12. The molecule has 0 aliphatic carbocycles. The highest BCUT2D eigenvalue weighted by Crippen LogP contribution is 2.31. The van der Waals surface area contributed by atoms with Crippen LogP contribution in [0.3, 0.4) is 0 Å². The second-order valence-electron chi connectivity index (χ2n) is 5.40. The first kappa shape index (κ1) is 19.5. The van der Waals surface area contributed by atoms with Gasteiger partial charge in [-0.2, -0.15) is 0 Å². The number of amides is 1. The molecular weight excluding hydrogens is 408 g/mol. The van der Waals surface area contributed by atoms with Crippen LogP contribution in [0, 0.1) is 0 Å².